The Bertz CT molecular complexity index is 1360. The molecule has 2 heterocycles. The van der Waals surface area contributed by atoms with E-state index in [0.29, 0.717) is 12.8 Å². The second-order valence-corrected chi connectivity index (χ2v) is 12.4. The van der Waals surface area contributed by atoms with Crippen molar-refractivity contribution in [3.63, 3.8) is 0 Å². The molecule has 5 rings (SSSR count). The average Bonchev–Trinajstić information content (AvgIpc) is 3.08. The van der Waals surface area contributed by atoms with E-state index in [4.69, 9.17) is 14.6 Å². The number of hydrogen-bond acceptors (Lipinski definition) is 7. The molecular formula is C37H47N3O6. The predicted molar refractivity (Wildman–Crippen MR) is 177 cm³/mol. The van der Waals surface area contributed by atoms with Crippen LogP contribution in [0.3, 0.4) is 0 Å². The maximum Gasteiger partial charge on any atom is 0.303 e. The van der Waals surface area contributed by atoms with Crippen molar-refractivity contribution in [3.05, 3.63) is 101 Å². The van der Waals surface area contributed by atoms with Crippen molar-refractivity contribution in [3.8, 4) is 0 Å². The molecule has 3 aromatic carbocycles. The summed E-state index contributed by atoms with van der Waals surface area (Å²) in [5.74, 6) is -0.826. The summed E-state index contributed by atoms with van der Waals surface area (Å²) in [5.41, 5.74) is 4.89. The lowest BCUT2D eigenvalue weighted by molar-refractivity contribution is -0.253. The van der Waals surface area contributed by atoms with Crippen molar-refractivity contribution in [2.75, 3.05) is 38.0 Å². The van der Waals surface area contributed by atoms with E-state index in [1.54, 1.807) is 0 Å². The summed E-state index contributed by atoms with van der Waals surface area (Å²) in [7, 11) is 0. The van der Waals surface area contributed by atoms with E-state index in [1.165, 1.54) is 5.56 Å². The van der Waals surface area contributed by atoms with Crippen LogP contribution in [0.1, 0.15) is 79.6 Å². The number of hydrogen-bond donors (Lipinski definition) is 3. The lowest BCUT2D eigenvalue weighted by Crippen LogP contribution is -2.49. The third-order valence-electron chi connectivity index (χ3n) is 8.80. The number of piperazine rings is 1. The number of carboxylic acid groups (broad SMARTS) is 1. The molecule has 0 bridgehead atoms. The molecule has 1 amide bonds. The van der Waals surface area contributed by atoms with Gasteiger partial charge in [-0.1, -0.05) is 79.6 Å². The molecule has 2 saturated heterocycles. The lowest BCUT2D eigenvalue weighted by atomic mass is 9.99. The van der Waals surface area contributed by atoms with Gasteiger partial charge < -0.3 is 25.0 Å². The van der Waals surface area contributed by atoms with Crippen molar-refractivity contribution < 1.29 is 29.3 Å². The zero-order chi connectivity index (χ0) is 32.1. The van der Waals surface area contributed by atoms with Gasteiger partial charge in [0.1, 0.15) is 0 Å². The van der Waals surface area contributed by atoms with Crippen LogP contribution in [0.2, 0.25) is 0 Å². The molecule has 3 N–H and O–H groups in total. The summed E-state index contributed by atoms with van der Waals surface area (Å²) >= 11 is 0. The van der Waals surface area contributed by atoms with Gasteiger partial charge >= 0.3 is 5.97 Å². The highest BCUT2D eigenvalue weighted by atomic mass is 16.7. The first-order chi connectivity index (χ1) is 22.4. The molecule has 246 valence electrons. The Morgan fingerprint density at radius 3 is 2.07 bits per heavy atom. The quantitative estimate of drug-likeness (QED) is 0.178. The topological polar surface area (TPSA) is 112 Å². The summed E-state index contributed by atoms with van der Waals surface area (Å²) in [4.78, 5) is 28.1. The smallest absolute Gasteiger partial charge is 0.303 e. The number of amides is 1. The van der Waals surface area contributed by atoms with Crippen LogP contribution in [-0.2, 0) is 32.2 Å². The highest BCUT2D eigenvalue weighted by Crippen LogP contribution is 2.38. The molecule has 0 saturated carbocycles. The van der Waals surface area contributed by atoms with E-state index in [2.05, 4.69) is 45.4 Å². The standard InChI is InChI=1S/C37H47N3O6/c41-27-29-12-14-30(15-13-29)34-24-33(26-40-22-20-39(21-23-40)25-28-8-4-3-5-9-28)45-37(46-34)31-16-18-32(19-17-31)38-35(42)10-6-1-2-7-11-36(43)44/h3-5,8-9,12-19,33-34,37,41H,1-2,6-7,10-11,20-27H2,(H,38,42)(H,43,44)/t33-,34+,37+/m0/s1. The number of carbonyl (C=O) groups is 2. The van der Waals surface area contributed by atoms with Gasteiger partial charge in [0.25, 0.3) is 0 Å². The summed E-state index contributed by atoms with van der Waals surface area (Å²) in [5, 5.41) is 21.2. The Morgan fingerprint density at radius 2 is 1.39 bits per heavy atom. The SMILES string of the molecule is O=C(O)CCCCCCC(=O)Nc1ccc([C@@H]2O[C@H](CN3CCN(Cc4ccccc4)CC3)C[C@H](c3ccc(CO)cc3)O2)cc1. The van der Waals surface area contributed by atoms with Gasteiger partial charge in [0.05, 0.1) is 18.8 Å². The Balaban J connectivity index is 1.16. The molecule has 0 aromatic heterocycles. The van der Waals surface area contributed by atoms with Gasteiger partial charge in [-0.05, 0) is 41.7 Å². The summed E-state index contributed by atoms with van der Waals surface area (Å²) in [6.07, 6.45) is 3.64. The van der Waals surface area contributed by atoms with Crippen molar-refractivity contribution in [2.24, 2.45) is 0 Å². The van der Waals surface area contributed by atoms with E-state index >= 15 is 0 Å². The van der Waals surface area contributed by atoms with Gasteiger partial charge in [0.2, 0.25) is 5.91 Å². The van der Waals surface area contributed by atoms with Gasteiger partial charge in [-0.2, -0.15) is 0 Å². The zero-order valence-electron chi connectivity index (χ0n) is 26.6. The molecule has 46 heavy (non-hydrogen) atoms. The number of nitrogens with one attached hydrogen (secondary N) is 1. The molecule has 9 nitrogen and oxygen atoms in total. The van der Waals surface area contributed by atoms with Crippen LogP contribution < -0.4 is 5.32 Å². The third-order valence-corrected chi connectivity index (χ3v) is 8.80. The minimum Gasteiger partial charge on any atom is -0.481 e. The second kappa shape index (κ2) is 17.4. The first kappa shape index (κ1) is 33.8. The molecular weight excluding hydrogens is 582 g/mol. The van der Waals surface area contributed by atoms with Crippen LogP contribution in [0, 0.1) is 0 Å². The highest BCUT2D eigenvalue weighted by molar-refractivity contribution is 5.90. The maximum absolute atomic E-state index is 12.5. The molecule has 0 unspecified atom stereocenters. The number of aliphatic hydroxyl groups excluding tert-OH is 1. The molecule has 2 fully saturated rings. The predicted octanol–water partition coefficient (Wildman–Crippen LogP) is 5.91. The van der Waals surface area contributed by atoms with Crippen LogP contribution in [0.5, 0.6) is 0 Å². The molecule has 9 heteroatoms. The first-order valence-electron chi connectivity index (χ1n) is 16.6. The Hall–Kier alpha value is -3.60. The summed E-state index contributed by atoms with van der Waals surface area (Å²) in [6, 6.07) is 26.2. The average molecular weight is 630 g/mol. The first-order valence-corrected chi connectivity index (χ1v) is 16.6. The number of unbranched alkanes of at least 4 members (excludes halogenated alkanes) is 3. The number of nitrogens with zero attached hydrogens (tertiary/aromatic N) is 2. The number of benzene rings is 3. The number of rotatable bonds is 15. The van der Waals surface area contributed by atoms with Crippen molar-refractivity contribution in [1.29, 1.82) is 0 Å². The fourth-order valence-corrected chi connectivity index (χ4v) is 6.15. The zero-order valence-corrected chi connectivity index (χ0v) is 26.6. The number of anilines is 1. The fraction of sp³-hybridized carbons (Fsp3) is 0.459. The van der Waals surface area contributed by atoms with E-state index < -0.39 is 12.3 Å². The largest absolute Gasteiger partial charge is 0.481 e. The molecule has 0 spiro atoms. The van der Waals surface area contributed by atoms with Gasteiger partial charge in [-0.15, -0.1) is 0 Å². The molecule has 3 atom stereocenters. The van der Waals surface area contributed by atoms with Crippen LogP contribution in [0.4, 0.5) is 5.69 Å². The van der Waals surface area contributed by atoms with Crippen molar-refractivity contribution >= 4 is 17.6 Å². The van der Waals surface area contributed by atoms with E-state index in [9.17, 15) is 14.7 Å². The second-order valence-electron chi connectivity index (χ2n) is 12.4. The molecule has 2 aliphatic rings. The van der Waals surface area contributed by atoms with Crippen molar-refractivity contribution in [2.45, 2.75) is 76.6 Å². The Morgan fingerprint density at radius 1 is 0.739 bits per heavy atom. The monoisotopic (exact) mass is 629 g/mol. The molecule has 2 aliphatic heterocycles. The van der Waals surface area contributed by atoms with Crippen LogP contribution in [-0.4, -0.2) is 70.7 Å². The molecule has 0 aliphatic carbocycles. The summed E-state index contributed by atoms with van der Waals surface area (Å²) < 4.78 is 13.1. The summed E-state index contributed by atoms with van der Waals surface area (Å²) in [6.45, 7) is 5.83. The maximum atomic E-state index is 12.5. The normalized spacial score (nSPS) is 20.8. The number of ether oxygens (including phenoxy) is 2. The van der Waals surface area contributed by atoms with Crippen LogP contribution >= 0.6 is 0 Å². The van der Waals surface area contributed by atoms with Crippen LogP contribution in [0.15, 0.2) is 78.9 Å². The van der Waals surface area contributed by atoms with Gasteiger partial charge in [-0.25, -0.2) is 0 Å². The number of aliphatic carboxylic acids is 1. The Labute approximate surface area is 272 Å². The van der Waals surface area contributed by atoms with Crippen molar-refractivity contribution in [1.82, 2.24) is 9.80 Å². The highest BCUT2D eigenvalue weighted by Gasteiger charge is 2.33. The van der Waals surface area contributed by atoms with E-state index in [1.807, 2.05) is 48.5 Å². The fourth-order valence-electron chi connectivity index (χ4n) is 6.15. The number of aliphatic hydroxyl groups is 1. The third kappa shape index (κ3) is 10.5. The lowest BCUT2D eigenvalue weighted by Gasteiger charge is -2.40. The number of carboxylic acids is 1. The minimum absolute atomic E-state index is 0.00605. The molecule has 0 radical (unpaired) electrons. The van der Waals surface area contributed by atoms with Gasteiger partial charge in [-0.3, -0.25) is 19.4 Å². The van der Waals surface area contributed by atoms with E-state index in [-0.39, 0.29) is 31.1 Å². The Kier molecular flexibility index (Phi) is 12.7. The van der Waals surface area contributed by atoms with Gasteiger partial charge in [0, 0.05) is 69.8 Å². The number of carbonyl (C=O) groups excluding carboxylic acids is 1. The van der Waals surface area contributed by atoms with Gasteiger partial charge in [0.15, 0.2) is 6.29 Å². The minimum atomic E-state index is -0.777. The van der Waals surface area contributed by atoms with E-state index in [0.717, 1.165) is 87.3 Å². The van der Waals surface area contributed by atoms with Crippen LogP contribution in [0.25, 0.3) is 0 Å². The molecule has 3 aromatic rings.